The summed E-state index contributed by atoms with van der Waals surface area (Å²) >= 11 is 0. The molecule has 54 heavy (non-hydrogen) atoms. The van der Waals surface area contributed by atoms with E-state index in [9.17, 15) is 0 Å². The first-order valence-corrected chi connectivity index (χ1v) is 18.1. The number of rotatable bonds is 14. The maximum Gasteiger partial charge on any atom is 0.143 e. The number of benzene rings is 5. The Kier molecular flexibility index (Phi) is 11.7. The number of para-hydroxylation sites is 1. The van der Waals surface area contributed by atoms with Gasteiger partial charge in [-0.1, -0.05) is 136 Å². The number of nitrogens with one attached hydrogen (secondary N) is 1. The molecule has 0 bridgehead atoms. The molecule has 5 heteroatoms. The van der Waals surface area contributed by atoms with Crippen LogP contribution in [0.3, 0.4) is 0 Å². The quantitative estimate of drug-likeness (QED) is 0.0455. The highest BCUT2D eigenvalue weighted by molar-refractivity contribution is 6.10. The summed E-state index contributed by atoms with van der Waals surface area (Å²) in [5, 5.41) is 5.60. The minimum absolute atomic E-state index is 0.372. The predicted molar refractivity (Wildman–Crippen MR) is 235 cm³/mol. The van der Waals surface area contributed by atoms with Crippen LogP contribution in [0, 0.1) is 0 Å². The van der Waals surface area contributed by atoms with Crippen molar-refractivity contribution in [1.82, 2.24) is 0 Å². The Balaban J connectivity index is 1.36. The van der Waals surface area contributed by atoms with E-state index in [1.54, 1.807) is 18.2 Å². The van der Waals surface area contributed by atoms with Crippen molar-refractivity contribution in [2.75, 3.05) is 11.1 Å². The lowest BCUT2D eigenvalue weighted by Crippen LogP contribution is -2.13. The Morgan fingerprint density at radius 1 is 0.870 bits per heavy atom. The zero-order valence-corrected chi connectivity index (χ0v) is 31.0. The summed E-state index contributed by atoms with van der Waals surface area (Å²) in [5.41, 5.74) is 25.6. The number of furan rings is 1. The highest BCUT2D eigenvalue weighted by atomic mass is 16.3. The largest absolute Gasteiger partial charge is 0.455 e. The lowest BCUT2D eigenvalue weighted by Gasteiger charge is -2.10. The number of hydrogen-bond donors (Lipinski definition) is 3. The van der Waals surface area contributed by atoms with Gasteiger partial charge in [0.1, 0.15) is 17.0 Å². The Hall–Kier alpha value is -6.85. The average Bonchev–Trinajstić information content (AvgIpc) is 3.57. The van der Waals surface area contributed by atoms with E-state index in [2.05, 4.69) is 136 Å². The van der Waals surface area contributed by atoms with Crippen LogP contribution in [0.5, 0.6) is 0 Å². The van der Waals surface area contributed by atoms with Gasteiger partial charge in [-0.05, 0) is 90.1 Å². The SMILES string of the molecule is C=C/C=C(C=C)/C(N)=N/C(=C\Cc1cccc(-c2cccc3c2oc2ccc(Nc4ccc(N)cc4C=C)cc23)c1)c1cccc(C(/C=C\CC)=C/C)c1. The fourth-order valence-electron chi connectivity index (χ4n) is 6.47. The topological polar surface area (TPSA) is 89.6 Å². The third-order valence-electron chi connectivity index (χ3n) is 9.23. The van der Waals surface area contributed by atoms with Crippen molar-refractivity contribution in [3.8, 4) is 11.1 Å². The molecule has 6 rings (SSSR count). The molecule has 0 saturated carbocycles. The van der Waals surface area contributed by atoms with Crippen LogP contribution in [0.2, 0.25) is 0 Å². The number of anilines is 3. The number of hydrogen-bond acceptors (Lipinski definition) is 4. The maximum absolute atomic E-state index is 6.54. The summed E-state index contributed by atoms with van der Waals surface area (Å²) in [4.78, 5) is 4.93. The number of allylic oxidation sites excluding steroid dienone is 7. The number of nitrogens with zero attached hydrogens (tertiary/aromatic N) is 1. The van der Waals surface area contributed by atoms with Gasteiger partial charge in [-0.2, -0.15) is 0 Å². The molecule has 0 amide bonds. The van der Waals surface area contributed by atoms with Crippen molar-refractivity contribution < 1.29 is 4.42 Å². The van der Waals surface area contributed by atoms with Crippen LogP contribution in [0.4, 0.5) is 17.1 Å². The van der Waals surface area contributed by atoms with E-state index < -0.39 is 0 Å². The summed E-state index contributed by atoms with van der Waals surface area (Å²) in [6.07, 6.45) is 17.2. The Labute approximate surface area is 318 Å². The van der Waals surface area contributed by atoms with E-state index in [1.165, 1.54) is 0 Å². The summed E-state index contributed by atoms with van der Waals surface area (Å²) in [6.45, 7) is 15.9. The van der Waals surface area contributed by atoms with Crippen molar-refractivity contribution in [3.63, 3.8) is 0 Å². The van der Waals surface area contributed by atoms with Gasteiger partial charge in [-0.15, -0.1) is 0 Å². The number of nitrogens with two attached hydrogens (primary N) is 2. The summed E-state index contributed by atoms with van der Waals surface area (Å²) in [5.74, 6) is 0.372. The molecule has 0 spiro atoms. The second-order valence-corrected chi connectivity index (χ2v) is 12.9. The smallest absolute Gasteiger partial charge is 0.143 e. The molecule has 268 valence electrons. The summed E-state index contributed by atoms with van der Waals surface area (Å²) < 4.78 is 6.53. The lowest BCUT2D eigenvalue weighted by molar-refractivity contribution is 0.670. The van der Waals surface area contributed by atoms with E-state index in [0.29, 0.717) is 23.5 Å². The van der Waals surface area contributed by atoms with Crippen LogP contribution in [0.15, 0.2) is 180 Å². The normalized spacial score (nSPS) is 12.8. The van der Waals surface area contributed by atoms with E-state index in [4.69, 9.17) is 20.9 Å². The van der Waals surface area contributed by atoms with Gasteiger partial charge in [0.25, 0.3) is 0 Å². The molecular formula is C49H46N4O. The minimum atomic E-state index is 0.372. The van der Waals surface area contributed by atoms with Crippen LogP contribution in [-0.4, -0.2) is 5.84 Å². The molecule has 0 radical (unpaired) electrons. The van der Waals surface area contributed by atoms with Crippen molar-refractivity contribution in [3.05, 3.63) is 193 Å². The molecule has 0 saturated heterocycles. The number of nitrogen functional groups attached to an aromatic ring is 1. The Bertz CT molecular complexity index is 2520. The summed E-state index contributed by atoms with van der Waals surface area (Å²) in [6, 6.07) is 35.2. The van der Waals surface area contributed by atoms with Crippen molar-refractivity contribution in [1.29, 1.82) is 0 Å². The molecule has 0 aliphatic carbocycles. The van der Waals surface area contributed by atoms with Crippen molar-refractivity contribution >= 4 is 62.2 Å². The van der Waals surface area contributed by atoms with Crippen LogP contribution >= 0.6 is 0 Å². The predicted octanol–water partition coefficient (Wildman–Crippen LogP) is 12.8. The van der Waals surface area contributed by atoms with Crippen molar-refractivity contribution in [2.45, 2.75) is 26.7 Å². The number of aliphatic imine (C=N–C) groups is 1. The maximum atomic E-state index is 6.54. The first kappa shape index (κ1) is 36.9. The molecule has 1 aromatic heterocycles. The number of fused-ring (bicyclic) bond motifs is 3. The zero-order chi connectivity index (χ0) is 38.0. The molecular weight excluding hydrogens is 661 g/mol. The van der Waals surface area contributed by atoms with E-state index in [0.717, 1.165) is 84.4 Å². The van der Waals surface area contributed by atoms with Gasteiger partial charge in [0.2, 0.25) is 0 Å². The number of amidine groups is 1. The highest BCUT2D eigenvalue weighted by Crippen LogP contribution is 2.38. The first-order chi connectivity index (χ1) is 26.3. The van der Waals surface area contributed by atoms with E-state index in [1.807, 2.05) is 36.4 Å². The van der Waals surface area contributed by atoms with Crippen LogP contribution in [-0.2, 0) is 6.42 Å². The molecule has 6 aromatic rings. The van der Waals surface area contributed by atoms with Gasteiger partial charge >= 0.3 is 0 Å². The van der Waals surface area contributed by atoms with Gasteiger partial charge in [-0.25, -0.2) is 4.99 Å². The fraction of sp³-hybridized carbons (Fsp3) is 0.0816. The molecule has 5 nitrogen and oxygen atoms in total. The van der Waals surface area contributed by atoms with Gasteiger partial charge in [-0.3, -0.25) is 0 Å². The monoisotopic (exact) mass is 706 g/mol. The van der Waals surface area contributed by atoms with Crippen LogP contribution in [0.1, 0.15) is 42.5 Å². The second kappa shape index (κ2) is 17.1. The molecule has 0 aliphatic rings. The molecule has 0 atom stereocenters. The van der Waals surface area contributed by atoms with E-state index in [-0.39, 0.29) is 0 Å². The average molecular weight is 707 g/mol. The third kappa shape index (κ3) is 8.27. The summed E-state index contributed by atoms with van der Waals surface area (Å²) in [7, 11) is 0. The molecule has 0 fully saturated rings. The molecule has 1 heterocycles. The lowest BCUT2D eigenvalue weighted by atomic mass is 9.98. The first-order valence-electron chi connectivity index (χ1n) is 18.1. The molecule has 5 aromatic carbocycles. The zero-order valence-electron chi connectivity index (χ0n) is 31.0. The Morgan fingerprint density at radius 2 is 1.69 bits per heavy atom. The van der Waals surface area contributed by atoms with Crippen molar-refractivity contribution in [2.24, 2.45) is 10.7 Å². The standard InChI is InChI=1S/C49H46N4O/c1-6-11-17-34(8-3)37-18-13-20-39(30-37)46(53-49(51)35(9-4)15-7-2)26-23-33-16-12-19-38(29-33)42-21-14-22-43-44-32-41(25-28-47(44)54-48(42)43)52-45-27-24-40(50)31-36(45)10-5/h7-22,24-32,52H,2,4-6,23,50H2,1,3H3,(H2,51,53)/b17-11-,34-8+,35-15+,46-26-. The van der Waals surface area contributed by atoms with Crippen LogP contribution in [0.25, 0.3) is 50.4 Å². The van der Waals surface area contributed by atoms with Gasteiger partial charge < -0.3 is 21.2 Å². The Morgan fingerprint density at radius 3 is 2.46 bits per heavy atom. The van der Waals surface area contributed by atoms with Gasteiger partial charge in [0, 0.05) is 44.5 Å². The van der Waals surface area contributed by atoms with Gasteiger partial charge in [0.05, 0.1) is 5.70 Å². The molecule has 0 unspecified atom stereocenters. The second-order valence-electron chi connectivity index (χ2n) is 12.9. The van der Waals surface area contributed by atoms with E-state index >= 15 is 0 Å². The highest BCUT2D eigenvalue weighted by Gasteiger charge is 2.14. The molecule has 0 aliphatic heterocycles. The molecule has 5 N–H and O–H groups in total. The van der Waals surface area contributed by atoms with Gasteiger partial charge in [0.15, 0.2) is 0 Å². The third-order valence-corrected chi connectivity index (χ3v) is 9.23. The fourth-order valence-corrected chi connectivity index (χ4v) is 6.47. The minimum Gasteiger partial charge on any atom is -0.455 e. The van der Waals surface area contributed by atoms with Crippen LogP contribution < -0.4 is 16.8 Å².